The van der Waals surface area contributed by atoms with Crippen molar-refractivity contribution in [3.05, 3.63) is 70.8 Å². The first-order valence-electron chi connectivity index (χ1n) is 17.5. The highest BCUT2D eigenvalue weighted by Crippen LogP contribution is 2.71. The summed E-state index contributed by atoms with van der Waals surface area (Å²) in [5.74, 6) is 0. The van der Waals surface area contributed by atoms with Crippen molar-refractivity contribution in [1.29, 1.82) is 0 Å². The van der Waals surface area contributed by atoms with Crippen LogP contribution in [0.15, 0.2) is 64.6 Å². The summed E-state index contributed by atoms with van der Waals surface area (Å²) in [6, 6.07) is 12.1. The van der Waals surface area contributed by atoms with E-state index in [1.165, 1.54) is 12.1 Å². The minimum absolute atomic E-state index is 0.0985. The molecule has 0 fully saturated rings. The topological polar surface area (TPSA) is 91.8 Å². The van der Waals surface area contributed by atoms with Crippen molar-refractivity contribution in [3.8, 4) is 11.1 Å². The van der Waals surface area contributed by atoms with Gasteiger partial charge in [-0.05, 0) is 91.0 Å². The molecule has 1 aliphatic rings. The molecular formula is C36H58F3N7O3P2S. The van der Waals surface area contributed by atoms with Gasteiger partial charge in [-0.3, -0.25) is 14.1 Å². The minimum atomic E-state index is -4.48. The van der Waals surface area contributed by atoms with Crippen molar-refractivity contribution in [2.75, 3.05) is 80.5 Å². The molecule has 2 aromatic rings. The Morgan fingerprint density at radius 2 is 1.37 bits per heavy atom. The molecule has 0 bridgehead atoms. The van der Waals surface area contributed by atoms with E-state index in [2.05, 4.69) is 17.6 Å². The predicted octanol–water partition coefficient (Wildman–Crippen LogP) is 9.09. The Balaban J connectivity index is 1.92. The van der Waals surface area contributed by atoms with E-state index in [1.54, 1.807) is 110 Å². The summed E-state index contributed by atoms with van der Waals surface area (Å²) in [5, 5.41) is 5.10. The summed E-state index contributed by atoms with van der Waals surface area (Å²) >= 11 is 0. The van der Waals surface area contributed by atoms with Gasteiger partial charge in [-0.1, -0.05) is 68.7 Å². The number of nitrogens with zero attached hydrogens (tertiary/aromatic N) is 6. The fourth-order valence-corrected chi connectivity index (χ4v) is 19.4. The van der Waals surface area contributed by atoms with Gasteiger partial charge in [0.2, 0.25) is 14.9 Å². The van der Waals surface area contributed by atoms with E-state index >= 15 is 0 Å². The van der Waals surface area contributed by atoms with Gasteiger partial charge in [-0.25, -0.2) is 23.5 Å². The van der Waals surface area contributed by atoms with Crippen LogP contribution in [0.5, 0.6) is 0 Å². The Kier molecular flexibility index (Phi) is 15.8. The lowest BCUT2D eigenvalue weighted by atomic mass is 9.98. The largest absolute Gasteiger partial charge is 0.417 e. The Bertz CT molecular complexity index is 1590. The van der Waals surface area contributed by atoms with Crippen LogP contribution in [0.4, 0.5) is 18.0 Å². The van der Waals surface area contributed by atoms with Crippen LogP contribution in [0, 0.1) is 0 Å². The number of benzene rings is 2. The molecule has 0 saturated carbocycles. The van der Waals surface area contributed by atoms with Crippen LogP contribution >= 0.6 is 24.9 Å². The fourth-order valence-electron chi connectivity index (χ4n) is 5.97. The molecule has 1 N–H and O–H groups in total. The molecule has 2 aromatic carbocycles. The maximum Gasteiger partial charge on any atom is 0.417 e. The molecule has 0 atom stereocenters. The molecular weight excluding hydrogens is 729 g/mol. The van der Waals surface area contributed by atoms with E-state index in [9.17, 15) is 27.1 Å². The number of alkyl halides is 3. The van der Waals surface area contributed by atoms with Gasteiger partial charge in [0.05, 0.1) is 16.6 Å². The summed E-state index contributed by atoms with van der Waals surface area (Å²) in [4.78, 5) is 20.1. The molecule has 292 valence electrons. The normalized spacial score (nSPS) is 15.5. The molecule has 0 radical (unpaired) electrons. The van der Waals surface area contributed by atoms with Gasteiger partial charge in [0, 0.05) is 37.3 Å². The zero-order chi connectivity index (χ0) is 38.9. The highest BCUT2D eigenvalue weighted by molar-refractivity contribution is 8.50. The van der Waals surface area contributed by atoms with Crippen molar-refractivity contribution >= 4 is 36.5 Å². The van der Waals surface area contributed by atoms with E-state index in [-0.39, 0.29) is 29.1 Å². The van der Waals surface area contributed by atoms with Gasteiger partial charge in [-0.2, -0.15) is 23.2 Å². The van der Waals surface area contributed by atoms with Crippen LogP contribution in [0.1, 0.15) is 50.2 Å². The summed E-state index contributed by atoms with van der Waals surface area (Å²) in [7, 11) is 6.23. The van der Waals surface area contributed by atoms with E-state index < -0.39 is 36.7 Å². The van der Waals surface area contributed by atoms with Crippen molar-refractivity contribution in [3.63, 3.8) is 0 Å². The zero-order valence-corrected chi connectivity index (χ0v) is 34.8. The molecule has 0 aliphatic carbocycles. The molecule has 0 spiro atoms. The Morgan fingerprint density at radius 3 is 1.88 bits per heavy atom. The van der Waals surface area contributed by atoms with Gasteiger partial charge in [0.1, 0.15) is 0 Å². The lowest BCUT2D eigenvalue weighted by Crippen LogP contribution is -2.40. The maximum absolute atomic E-state index is 14.4. The summed E-state index contributed by atoms with van der Waals surface area (Å²) in [6.07, 6.45) is -0.0323. The second-order valence-corrected chi connectivity index (χ2v) is 24.4. The SMILES string of the molecule is CCCCCCNC(=O)N(CCC1=CS(CP(=O)(N(C)C)N(C)C)(CP(=O)(N(C)C)N(C)C)C=N1)Cc1ccc(-c2ccccc2C(F)(F)F)cc1. The number of nitrogens with one attached hydrogen (secondary N) is 1. The molecule has 52 heavy (non-hydrogen) atoms. The van der Waals surface area contributed by atoms with E-state index in [1.807, 2.05) is 5.55 Å². The average molecular weight is 788 g/mol. The third-order valence-corrected chi connectivity index (χ3v) is 22.0. The first kappa shape index (κ1) is 44.0. The third kappa shape index (κ3) is 11.3. The standard InChI is InChI=1S/C36H58F3N7O3P2S/c1-10-11-12-15-23-40-35(47)46(25-30-18-20-31(21-19-30)33-16-13-14-17-34(33)36(37,38)39)24-22-32-26-52(27-41-32,28-50(48,42(2)3)43(4)5)29-51(49,44(6)7)45(8)9/h13-14,16-21,26-27H,10-12,15,22-25,28-29H2,1-9H3,(H,40,47). The molecule has 10 nitrogen and oxygen atoms in total. The number of aliphatic imine (C=N–C) groups is 1. The third-order valence-electron chi connectivity index (χ3n) is 9.22. The molecule has 2 amide bonds. The van der Waals surface area contributed by atoms with Crippen molar-refractivity contribution in [2.24, 2.45) is 4.99 Å². The van der Waals surface area contributed by atoms with Crippen LogP contribution in [0.25, 0.3) is 11.1 Å². The van der Waals surface area contributed by atoms with Crippen LogP contribution in [0.2, 0.25) is 0 Å². The van der Waals surface area contributed by atoms with Crippen LogP contribution < -0.4 is 5.32 Å². The van der Waals surface area contributed by atoms with Crippen molar-refractivity contribution in [2.45, 2.75) is 51.7 Å². The number of halogens is 3. The first-order chi connectivity index (χ1) is 24.3. The number of unbranched alkanes of at least 4 members (excludes halogenated alkanes) is 3. The smallest absolute Gasteiger partial charge is 0.338 e. The molecule has 0 unspecified atom stereocenters. The lowest BCUT2D eigenvalue weighted by Gasteiger charge is -2.43. The summed E-state index contributed by atoms with van der Waals surface area (Å²) < 4.78 is 76.8. The van der Waals surface area contributed by atoms with Gasteiger partial charge in [0.25, 0.3) is 0 Å². The van der Waals surface area contributed by atoms with Gasteiger partial charge in [0.15, 0.2) is 0 Å². The second-order valence-electron chi connectivity index (χ2n) is 14.0. The molecule has 16 heteroatoms. The Labute approximate surface area is 310 Å². The average Bonchev–Trinajstić information content (AvgIpc) is 3.47. The highest BCUT2D eigenvalue weighted by atomic mass is 32.3. The Hall–Kier alpha value is -2.44. The number of rotatable bonds is 19. The van der Waals surface area contributed by atoms with Gasteiger partial charge < -0.3 is 10.2 Å². The molecule has 3 rings (SSSR count). The van der Waals surface area contributed by atoms with Gasteiger partial charge in [-0.15, -0.1) is 0 Å². The minimum Gasteiger partial charge on any atom is -0.338 e. The monoisotopic (exact) mass is 787 g/mol. The molecule has 0 aromatic heterocycles. The molecule has 1 heterocycles. The maximum atomic E-state index is 14.4. The quantitative estimate of drug-likeness (QED) is 0.112. The first-order valence-corrected chi connectivity index (χ1v) is 23.2. The van der Waals surface area contributed by atoms with Crippen LogP contribution in [-0.2, 0) is 21.9 Å². The number of urea groups is 1. The fraction of sp³-hybridized carbons (Fsp3) is 0.556. The summed E-state index contributed by atoms with van der Waals surface area (Å²) in [6.45, 7) is 3.22. The van der Waals surface area contributed by atoms with Crippen LogP contribution in [-0.4, -0.2) is 116 Å². The highest BCUT2D eigenvalue weighted by Gasteiger charge is 2.44. The van der Waals surface area contributed by atoms with E-state index in [4.69, 9.17) is 4.99 Å². The lowest BCUT2D eigenvalue weighted by molar-refractivity contribution is -0.137. The van der Waals surface area contributed by atoms with E-state index in [0.717, 1.165) is 43.0 Å². The number of hydrogen-bond donors (Lipinski definition) is 1. The Morgan fingerprint density at radius 1 is 0.808 bits per heavy atom. The predicted molar refractivity (Wildman–Crippen MR) is 213 cm³/mol. The van der Waals surface area contributed by atoms with E-state index in [0.29, 0.717) is 25.1 Å². The molecule has 0 saturated heterocycles. The second kappa shape index (κ2) is 18.7. The number of carbonyl (C=O) groups is 1. The molecule has 1 aliphatic heterocycles. The van der Waals surface area contributed by atoms with Gasteiger partial charge >= 0.3 is 12.2 Å². The van der Waals surface area contributed by atoms with Crippen molar-refractivity contribution in [1.82, 2.24) is 28.9 Å². The van der Waals surface area contributed by atoms with Crippen molar-refractivity contribution < 1.29 is 27.1 Å². The number of amides is 2. The zero-order valence-electron chi connectivity index (χ0n) is 32.2. The summed E-state index contributed by atoms with van der Waals surface area (Å²) in [5.41, 5.74) is 3.77. The number of hydrogen-bond acceptors (Lipinski definition) is 4. The van der Waals surface area contributed by atoms with Crippen LogP contribution in [0.3, 0.4) is 0 Å². The number of carbonyl (C=O) groups excluding carboxylic acids is 1.